The number of carbonyl (C=O) groups excluding carboxylic acids is 2. The highest BCUT2D eigenvalue weighted by Crippen LogP contribution is 2.32. The predicted molar refractivity (Wildman–Crippen MR) is 95.9 cm³/mol. The summed E-state index contributed by atoms with van der Waals surface area (Å²) in [4.78, 5) is 31.0. The summed E-state index contributed by atoms with van der Waals surface area (Å²) in [5, 5.41) is 10.8. The highest BCUT2D eigenvalue weighted by atomic mass is 19.4. The van der Waals surface area contributed by atoms with Gasteiger partial charge in [0.25, 0.3) is 0 Å². The first-order valence-electron chi connectivity index (χ1n) is 9.26. The number of pyridine rings is 2. The first-order chi connectivity index (χ1) is 13.8. The van der Waals surface area contributed by atoms with E-state index in [1.807, 2.05) is 6.07 Å². The Kier molecular flexibility index (Phi) is 6.14. The second-order valence-corrected chi connectivity index (χ2v) is 7.00. The van der Waals surface area contributed by atoms with E-state index in [4.69, 9.17) is 0 Å². The highest BCUT2D eigenvalue weighted by molar-refractivity contribution is 5.97. The molecule has 0 radical (unpaired) electrons. The van der Waals surface area contributed by atoms with Crippen LogP contribution in [0.25, 0.3) is 0 Å². The number of anilines is 1. The van der Waals surface area contributed by atoms with Crippen LogP contribution >= 0.6 is 0 Å². The minimum absolute atomic E-state index is 0.185. The normalized spacial score (nSPS) is 15.1. The molecule has 1 aliphatic rings. The zero-order valence-corrected chi connectivity index (χ0v) is 15.5. The number of carbonyl (C=O) groups is 2. The van der Waals surface area contributed by atoms with Crippen LogP contribution in [0.4, 0.5) is 18.9 Å². The Bertz CT molecular complexity index is 861. The van der Waals surface area contributed by atoms with Crippen molar-refractivity contribution in [2.45, 2.75) is 50.7 Å². The van der Waals surface area contributed by atoms with Gasteiger partial charge in [0.15, 0.2) is 0 Å². The van der Waals surface area contributed by atoms with E-state index in [-0.39, 0.29) is 11.4 Å². The van der Waals surface area contributed by atoms with Crippen molar-refractivity contribution in [2.24, 2.45) is 0 Å². The molecule has 0 spiro atoms. The van der Waals surface area contributed by atoms with Crippen molar-refractivity contribution in [3.05, 3.63) is 53.6 Å². The van der Waals surface area contributed by atoms with Gasteiger partial charge in [-0.25, -0.2) is 0 Å². The Balaban J connectivity index is 1.82. The lowest BCUT2D eigenvalue weighted by atomic mass is 9.85. The second-order valence-electron chi connectivity index (χ2n) is 7.00. The molecule has 0 aliphatic heterocycles. The summed E-state index contributed by atoms with van der Waals surface area (Å²) in [6, 6.07) is 5.52. The molecular weight excluding hydrogens is 387 g/mol. The van der Waals surface area contributed by atoms with Gasteiger partial charge in [-0.05, 0) is 42.5 Å². The van der Waals surface area contributed by atoms with Gasteiger partial charge in [-0.3, -0.25) is 19.7 Å². The van der Waals surface area contributed by atoms with Crippen molar-refractivity contribution in [3.8, 4) is 0 Å². The van der Waals surface area contributed by atoms with Gasteiger partial charge in [-0.15, -0.1) is 0 Å². The number of rotatable bonds is 5. The largest absolute Gasteiger partial charge is 0.543 e. The molecule has 2 aromatic rings. The third-order valence-electron chi connectivity index (χ3n) is 5.00. The number of aromatic nitrogens is 2. The average Bonchev–Trinajstić information content (AvgIpc) is 2.72. The van der Waals surface area contributed by atoms with Gasteiger partial charge in [0.2, 0.25) is 0 Å². The second kappa shape index (κ2) is 8.59. The number of aromatic carboxylic acids is 1. The van der Waals surface area contributed by atoms with Crippen molar-refractivity contribution in [2.75, 3.05) is 4.90 Å². The van der Waals surface area contributed by atoms with Gasteiger partial charge in [0, 0.05) is 6.20 Å². The van der Waals surface area contributed by atoms with E-state index in [1.54, 1.807) is 12.3 Å². The molecule has 1 aliphatic carbocycles. The zero-order valence-electron chi connectivity index (χ0n) is 15.5. The van der Waals surface area contributed by atoms with Crippen LogP contribution in [0, 0.1) is 0 Å². The summed E-state index contributed by atoms with van der Waals surface area (Å²) in [6.07, 6.45) is 3.08. The summed E-state index contributed by atoms with van der Waals surface area (Å²) in [7, 11) is 0. The molecule has 0 N–H and O–H groups in total. The fourth-order valence-electron chi connectivity index (χ4n) is 3.47. The van der Waals surface area contributed by atoms with Gasteiger partial charge in [-0.1, -0.05) is 25.3 Å². The summed E-state index contributed by atoms with van der Waals surface area (Å²) in [6.45, 7) is -0.421. The van der Waals surface area contributed by atoms with Gasteiger partial charge in [-0.2, -0.15) is 13.2 Å². The number of hydrogen-bond acceptors (Lipinski definition) is 5. The number of carboxylic acid groups (broad SMARTS) is 1. The van der Waals surface area contributed by atoms with E-state index < -0.39 is 30.3 Å². The fraction of sp³-hybridized carbons (Fsp3) is 0.400. The van der Waals surface area contributed by atoms with Crippen molar-refractivity contribution in [1.29, 1.82) is 0 Å². The lowest BCUT2D eigenvalue weighted by molar-refractivity contribution is -0.255. The molecule has 6 nitrogen and oxygen atoms in total. The Morgan fingerprint density at radius 3 is 2.28 bits per heavy atom. The molecule has 154 valence electrons. The van der Waals surface area contributed by atoms with Crippen LogP contribution in [0.2, 0.25) is 0 Å². The predicted octanol–water partition coefficient (Wildman–Crippen LogP) is 2.98. The average molecular weight is 406 g/mol. The molecule has 3 rings (SSSR count). The molecule has 2 aromatic heterocycles. The van der Waals surface area contributed by atoms with E-state index in [0.717, 1.165) is 49.6 Å². The molecule has 1 fully saturated rings. The number of hydrogen-bond donors (Lipinski definition) is 0. The maximum absolute atomic E-state index is 13.1. The summed E-state index contributed by atoms with van der Waals surface area (Å²) >= 11 is 0. The van der Waals surface area contributed by atoms with Crippen LogP contribution in [0.5, 0.6) is 0 Å². The molecule has 0 unspecified atom stereocenters. The van der Waals surface area contributed by atoms with Crippen molar-refractivity contribution < 1.29 is 27.9 Å². The minimum atomic E-state index is -5.10. The quantitative estimate of drug-likeness (QED) is 0.762. The highest BCUT2D eigenvalue weighted by Gasteiger charge is 2.43. The Hall–Kier alpha value is -2.97. The standard InChI is InChI=1S/C20H20F3N3O3/c21-20(22,23)19(29)26(16-8-9-17(18(27)28)25-11-16)12-15-7-6-14(10-24-15)13-4-2-1-3-5-13/h6-11,13H,1-5,12H2,(H,27,28)/p-1. The molecule has 0 aromatic carbocycles. The maximum Gasteiger partial charge on any atom is 0.471 e. The Morgan fingerprint density at radius 1 is 1.03 bits per heavy atom. The molecule has 2 heterocycles. The van der Waals surface area contributed by atoms with Crippen molar-refractivity contribution in [1.82, 2.24) is 9.97 Å². The van der Waals surface area contributed by atoms with Crippen LogP contribution in [0.3, 0.4) is 0 Å². The lowest BCUT2D eigenvalue weighted by Gasteiger charge is -2.24. The van der Waals surface area contributed by atoms with E-state index in [2.05, 4.69) is 9.97 Å². The van der Waals surface area contributed by atoms with Gasteiger partial charge >= 0.3 is 12.1 Å². The number of amides is 1. The summed E-state index contributed by atoms with van der Waals surface area (Å²) in [5.41, 5.74) is 0.701. The minimum Gasteiger partial charge on any atom is -0.543 e. The fourth-order valence-corrected chi connectivity index (χ4v) is 3.47. The summed E-state index contributed by atoms with van der Waals surface area (Å²) in [5.74, 6) is -3.25. The van der Waals surface area contributed by atoms with Crippen LogP contribution in [0.1, 0.15) is 59.8 Å². The number of alkyl halides is 3. The van der Waals surface area contributed by atoms with E-state index in [1.165, 1.54) is 6.42 Å². The molecule has 0 bridgehead atoms. The lowest BCUT2D eigenvalue weighted by Crippen LogP contribution is -2.41. The molecule has 9 heteroatoms. The van der Waals surface area contributed by atoms with Gasteiger partial charge in [0.05, 0.1) is 35.8 Å². The SMILES string of the molecule is O=C([O-])c1ccc(N(Cc2ccc(C3CCCCC3)cn2)C(=O)C(F)(F)F)cn1. The van der Waals surface area contributed by atoms with E-state index >= 15 is 0 Å². The number of nitrogens with zero attached hydrogens (tertiary/aromatic N) is 3. The number of halogens is 3. The monoisotopic (exact) mass is 406 g/mol. The smallest absolute Gasteiger partial charge is 0.471 e. The first-order valence-corrected chi connectivity index (χ1v) is 9.26. The van der Waals surface area contributed by atoms with Crippen LogP contribution in [0.15, 0.2) is 36.7 Å². The molecule has 0 saturated heterocycles. The topological polar surface area (TPSA) is 86.2 Å². The molecule has 29 heavy (non-hydrogen) atoms. The third kappa shape index (κ3) is 5.10. The van der Waals surface area contributed by atoms with Crippen LogP contribution in [-0.2, 0) is 11.3 Å². The van der Waals surface area contributed by atoms with Crippen LogP contribution in [-0.4, -0.2) is 28.0 Å². The Morgan fingerprint density at radius 2 is 1.76 bits per heavy atom. The van der Waals surface area contributed by atoms with E-state index in [9.17, 15) is 27.9 Å². The van der Waals surface area contributed by atoms with Gasteiger partial charge in [0.1, 0.15) is 0 Å². The maximum atomic E-state index is 13.1. The summed E-state index contributed by atoms with van der Waals surface area (Å²) < 4.78 is 39.2. The van der Waals surface area contributed by atoms with Crippen molar-refractivity contribution in [3.63, 3.8) is 0 Å². The van der Waals surface area contributed by atoms with Gasteiger partial charge < -0.3 is 9.90 Å². The third-order valence-corrected chi connectivity index (χ3v) is 5.00. The zero-order chi connectivity index (χ0) is 21.0. The molecule has 1 amide bonds. The first kappa shape index (κ1) is 20.8. The molecule has 0 atom stereocenters. The van der Waals surface area contributed by atoms with E-state index in [0.29, 0.717) is 10.8 Å². The molecule has 1 saturated carbocycles. The number of carboxylic acids is 1. The molecular formula is C20H19F3N3O3-. The van der Waals surface area contributed by atoms with Crippen LogP contribution < -0.4 is 10.0 Å². The Labute approximate surface area is 165 Å². The van der Waals surface area contributed by atoms with Crippen molar-refractivity contribution >= 4 is 17.6 Å².